The van der Waals surface area contributed by atoms with E-state index in [1.54, 1.807) is 0 Å². The SMILES string of the molecule is C=C(C)[C@H]1CC2C(C3C[C@H](C)[C@@H]4OC(=O)O[C@]34[C@H](O)[C@@]3(CO)C[C@@H]23)[C@H](C)C1. The fraction of sp³-hybridized carbons (Fsp3) is 0.864. The van der Waals surface area contributed by atoms with E-state index in [2.05, 4.69) is 27.4 Å². The van der Waals surface area contributed by atoms with Gasteiger partial charge in [0.1, 0.15) is 6.10 Å². The Hall–Kier alpha value is -1.07. The molecular formula is C22H32O5. The summed E-state index contributed by atoms with van der Waals surface area (Å²) in [6, 6.07) is 0. The highest BCUT2D eigenvalue weighted by molar-refractivity contribution is 5.64. The number of hydrogen-bond donors (Lipinski definition) is 2. The van der Waals surface area contributed by atoms with E-state index in [9.17, 15) is 15.0 Å². The van der Waals surface area contributed by atoms with Gasteiger partial charge in [-0.1, -0.05) is 26.0 Å². The van der Waals surface area contributed by atoms with E-state index in [4.69, 9.17) is 9.47 Å². The van der Waals surface area contributed by atoms with Crippen LogP contribution in [0.25, 0.3) is 0 Å². The minimum atomic E-state index is -0.988. The van der Waals surface area contributed by atoms with Gasteiger partial charge in [-0.3, -0.25) is 0 Å². The standard InChI is InChI=1S/C22H32O5/c1-10(2)13-5-11(3)17-14(7-13)16-8-21(16,9-23)19(24)22-15(17)6-12(4)18(22)26-20(25)27-22/h11-19,23-24H,1,5-9H2,2-4H3/t11-,12+,13-,14?,15?,16+,17?,18+,19-,21-,22-/m1/s1. The van der Waals surface area contributed by atoms with Gasteiger partial charge < -0.3 is 19.7 Å². The zero-order chi connectivity index (χ0) is 19.3. The summed E-state index contributed by atoms with van der Waals surface area (Å²) in [5.41, 5.74) is -0.300. The Morgan fingerprint density at radius 1 is 1.22 bits per heavy atom. The first kappa shape index (κ1) is 18.0. The van der Waals surface area contributed by atoms with E-state index in [1.807, 2.05) is 0 Å². The van der Waals surface area contributed by atoms with Crippen molar-refractivity contribution in [3.05, 3.63) is 12.2 Å². The normalized spacial score (nSPS) is 58.1. The van der Waals surface area contributed by atoms with Crippen molar-refractivity contribution in [3.63, 3.8) is 0 Å². The average Bonchev–Trinajstić information content (AvgIpc) is 3.19. The van der Waals surface area contributed by atoms with E-state index in [0.717, 1.165) is 25.7 Å². The van der Waals surface area contributed by atoms with E-state index in [1.165, 1.54) is 5.57 Å². The number of rotatable bonds is 2. The lowest BCUT2D eigenvalue weighted by Crippen LogP contribution is -2.58. The predicted octanol–water partition coefficient (Wildman–Crippen LogP) is 3.14. The van der Waals surface area contributed by atoms with Crippen LogP contribution in [0.3, 0.4) is 0 Å². The maximum atomic E-state index is 12.2. The van der Waals surface area contributed by atoms with E-state index in [-0.39, 0.29) is 18.4 Å². The van der Waals surface area contributed by atoms with Crippen molar-refractivity contribution in [2.45, 2.75) is 64.3 Å². The molecule has 1 spiro atoms. The summed E-state index contributed by atoms with van der Waals surface area (Å²) in [4.78, 5) is 12.2. The third kappa shape index (κ3) is 2.05. The average molecular weight is 376 g/mol. The molecule has 3 unspecified atom stereocenters. The first-order valence-electron chi connectivity index (χ1n) is 10.6. The first-order chi connectivity index (χ1) is 12.8. The van der Waals surface area contributed by atoms with Crippen LogP contribution in [0, 0.1) is 46.8 Å². The van der Waals surface area contributed by atoms with Crippen LogP contribution in [0.1, 0.15) is 46.5 Å². The first-order valence-corrected chi connectivity index (χ1v) is 10.6. The third-order valence-electron chi connectivity index (χ3n) is 9.14. The molecule has 2 N–H and O–H groups in total. The van der Waals surface area contributed by atoms with Crippen LogP contribution in [-0.4, -0.2) is 40.8 Å². The maximum Gasteiger partial charge on any atom is 0.509 e. The quantitative estimate of drug-likeness (QED) is 0.572. The molecule has 11 atom stereocenters. The van der Waals surface area contributed by atoms with Crippen LogP contribution in [0.15, 0.2) is 12.2 Å². The zero-order valence-electron chi connectivity index (χ0n) is 16.6. The number of carbonyl (C=O) groups is 1. The molecule has 4 aliphatic carbocycles. The molecule has 5 aliphatic rings. The van der Waals surface area contributed by atoms with Gasteiger partial charge >= 0.3 is 6.16 Å². The third-order valence-corrected chi connectivity index (χ3v) is 9.14. The fourth-order valence-electron chi connectivity index (χ4n) is 7.95. The van der Waals surface area contributed by atoms with Crippen LogP contribution in [-0.2, 0) is 9.47 Å². The van der Waals surface area contributed by atoms with Crippen LogP contribution < -0.4 is 0 Å². The lowest BCUT2D eigenvalue weighted by molar-refractivity contribution is -0.142. The molecule has 5 nitrogen and oxygen atoms in total. The molecule has 0 bridgehead atoms. The highest BCUT2D eigenvalue weighted by Gasteiger charge is 2.79. The summed E-state index contributed by atoms with van der Waals surface area (Å²) < 4.78 is 11.5. The predicted molar refractivity (Wildman–Crippen MR) is 98.7 cm³/mol. The highest BCUT2D eigenvalue weighted by atomic mass is 16.8. The van der Waals surface area contributed by atoms with E-state index >= 15 is 0 Å². The lowest BCUT2D eigenvalue weighted by atomic mass is 9.59. The van der Waals surface area contributed by atoms with E-state index in [0.29, 0.717) is 29.6 Å². The molecule has 5 rings (SSSR count). The molecule has 4 saturated carbocycles. The van der Waals surface area contributed by atoms with Crippen molar-refractivity contribution in [3.8, 4) is 0 Å². The molecule has 1 saturated heterocycles. The second-order valence-electron chi connectivity index (χ2n) is 10.4. The molecule has 0 aromatic carbocycles. The van der Waals surface area contributed by atoms with Crippen molar-refractivity contribution in [2.75, 3.05) is 6.61 Å². The van der Waals surface area contributed by atoms with Crippen LogP contribution in [0.4, 0.5) is 4.79 Å². The molecule has 0 radical (unpaired) electrons. The Bertz CT molecular complexity index is 690. The summed E-state index contributed by atoms with van der Waals surface area (Å²) in [5, 5.41) is 21.9. The van der Waals surface area contributed by atoms with Gasteiger partial charge in [-0.05, 0) is 68.1 Å². The zero-order valence-corrected chi connectivity index (χ0v) is 16.6. The number of fused-ring (bicyclic) bond motifs is 4. The molecule has 0 aromatic heterocycles. The van der Waals surface area contributed by atoms with E-state index < -0.39 is 29.4 Å². The Labute approximate surface area is 161 Å². The molecule has 27 heavy (non-hydrogen) atoms. The molecule has 150 valence electrons. The fourth-order valence-corrected chi connectivity index (χ4v) is 7.95. The van der Waals surface area contributed by atoms with Crippen LogP contribution in [0.2, 0.25) is 0 Å². The second kappa shape index (κ2) is 5.50. The van der Waals surface area contributed by atoms with Crippen molar-refractivity contribution >= 4 is 6.16 Å². The smallest absolute Gasteiger partial charge is 0.426 e. The van der Waals surface area contributed by atoms with Gasteiger partial charge in [0.25, 0.3) is 0 Å². The molecule has 5 fully saturated rings. The topological polar surface area (TPSA) is 76.0 Å². The number of hydrogen-bond acceptors (Lipinski definition) is 5. The molecule has 5 heteroatoms. The summed E-state index contributed by atoms with van der Waals surface area (Å²) in [6.07, 6.45) is 1.99. The van der Waals surface area contributed by atoms with Gasteiger partial charge in [-0.15, -0.1) is 0 Å². The number of aliphatic hydroxyl groups is 2. The number of allylic oxidation sites excluding steroid dienone is 1. The molecule has 1 heterocycles. The Kier molecular flexibility index (Phi) is 3.67. The highest BCUT2D eigenvalue weighted by Crippen LogP contribution is 2.73. The summed E-state index contributed by atoms with van der Waals surface area (Å²) in [7, 11) is 0. The Morgan fingerprint density at radius 2 is 1.96 bits per heavy atom. The van der Waals surface area contributed by atoms with Crippen molar-refractivity contribution < 1.29 is 24.5 Å². The van der Waals surface area contributed by atoms with Crippen molar-refractivity contribution in [2.24, 2.45) is 46.8 Å². The largest absolute Gasteiger partial charge is 0.509 e. The Morgan fingerprint density at radius 3 is 2.63 bits per heavy atom. The van der Waals surface area contributed by atoms with Crippen LogP contribution in [0.5, 0.6) is 0 Å². The lowest BCUT2D eigenvalue weighted by Gasteiger charge is -2.47. The number of ether oxygens (including phenoxy) is 2. The number of carbonyl (C=O) groups excluding carboxylic acids is 1. The van der Waals surface area contributed by atoms with Gasteiger partial charge in [-0.25, -0.2) is 4.79 Å². The molecule has 0 aromatic rings. The molecule has 1 aliphatic heterocycles. The van der Waals surface area contributed by atoms with Crippen molar-refractivity contribution in [1.82, 2.24) is 0 Å². The monoisotopic (exact) mass is 376 g/mol. The Balaban J connectivity index is 1.64. The van der Waals surface area contributed by atoms with Gasteiger partial charge in [0, 0.05) is 11.3 Å². The van der Waals surface area contributed by atoms with Gasteiger partial charge in [0.15, 0.2) is 11.7 Å². The van der Waals surface area contributed by atoms with Gasteiger partial charge in [-0.2, -0.15) is 0 Å². The van der Waals surface area contributed by atoms with Gasteiger partial charge in [0.05, 0.1) is 6.61 Å². The summed E-state index contributed by atoms with van der Waals surface area (Å²) in [6.45, 7) is 10.7. The summed E-state index contributed by atoms with van der Waals surface area (Å²) >= 11 is 0. The van der Waals surface area contributed by atoms with Crippen LogP contribution >= 0.6 is 0 Å². The minimum absolute atomic E-state index is 0.0543. The second-order valence-corrected chi connectivity index (χ2v) is 10.4. The minimum Gasteiger partial charge on any atom is -0.426 e. The molecule has 0 amide bonds. The number of aliphatic hydroxyl groups excluding tert-OH is 2. The molecular weight excluding hydrogens is 344 g/mol. The summed E-state index contributed by atoms with van der Waals surface area (Å²) in [5.74, 6) is 2.35. The van der Waals surface area contributed by atoms with Crippen molar-refractivity contribution in [1.29, 1.82) is 0 Å². The maximum absolute atomic E-state index is 12.2. The van der Waals surface area contributed by atoms with Gasteiger partial charge in [0.2, 0.25) is 0 Å².